The smallest absolute Gasteiger partial charge is 0.416 e. The minimum Gasteiger partial charge on any atom is -0.493 e. The van der Waals surface area contributed by atoms with E-state index in [9.17, 15) is 22.8 Å². The minimum absolute atomic E-state index is 0.0264. The van der Waals surface area contributed by atoms with Crippen LogP contribution in [0.4, 0.5) is 18.9 Å². The van der Waals surface area contributed by atoms with Gasteiger partial charge in [0, 0.05) is 36.9 Å². The van der Waals surface area contributed by atoms with E-state index in [2.05, 4.69) is 15.5 Å². The van der Waals surface area contributed by atoms with E-state index in [-0.39, 0.29) is 24.4 Å². The van der Waals surface area contributed by atoms with Crippen LogP contribution in [0, 0.1) is 0 Å². The number of nitrogens with one attached hydrogen (secondary N) is 2. The fourth-order valence-corrected chi connectivity index (χ4v) is 4.59. The number of para-hydroxylation sites is 1. The van der Waals surface area contributed by atoms with Crippen LogP contribution in [0.1, 0.15) is 44.7 Å². The van der Waals surface area contributed by atoms with Gasteiger partial charge in [-0.15, -0.1) is 0 Å². The Labute approximate surface area is 224 Å². The van der Waals surface area contributed by atoms with Crippen molar-refractivity contribution in [2.45, 2.75) is 31.6 Å². The first-order valence-electron chi connectivity index (χ1n) is 12.5. The molecule has 10 heteroatoms. The highest BCUT2D eigenvalue weighted by Crippen LogP contribution is 2.30. The molecular weight excluding hydrogens is 511 g/mol. The van der Waals surface area contributed by atoms with Gasteiger partial charge >= 0.3 is 6.18 Å². The molecule has 0 unspecified atom stereocenters. The molecule has 1 heterocycles. The Morgan fingerprint density at radius 2 is 1.62 bits per heavy atom. The number of methoxy groups -OCH3 is 2. The molecule has 1 aliphatic heterocycles. The van der Waals surface area contributed by atoms with E-state index in [4.69, 9.17) is 9.47 Å². The predicted molar refractivity (Wildman–Crippen MR) is 141 cm³/mol. The van der Waals surface area contributed by atoms with Crippen molar-refractivity contribution in [2.75, 3.05) is 32.2 Å². The number of rotatable bonds is 8. The van der Waals surface area contributed by atoms with Crippen molar-refractivity contribution < 1.29 is 32.2 Å². The second-order valence-corrected chi connectivity index (χ2v) is 9.20. The van der Waals surface area contributed by atoms with E-state index in [0.717, 1.165) is 17.8 Å². The molecule has 7 nitrogen and oxygen atoms in total. The van der Waals surface area contributed by atoms with Gasteiger partial charge in [0.2, 0.25) is 0 Å². The predicted octanol–water partition coefficient (Wildman–Crippen LogP) is 5.05. The van der Waals surface area contributed by atoms with E-state index in [1.165, 1.54) is 20.3 Å². The Morgan fingerprint density at radius 1 is 0.897 bits per heavy atom. The summed E-state index contributed by atoms with van der Waals surface area (Å²) < 4.78 is 49.5. The number of carbonyl (C=O) groups excluding carboxylic acids is 2. The molecular formula is C29H30F3N3O4. The number of anilines is 1. The maximum Gasteiger partial charge on any atom is 0.416 e. The summed E-state index contributed by atoms with van der Waals surface area (Å²) in [4.78, 5) is 27.9. The van der Waals surface area contributed by atoms with Gasteiger partial charge in [-0.05, 0) is 60.9 Å². The average molecular weight is 542 g/mol. The third kappa shape index (κ3) is 6.81. The normalized spacial score (nSPS) is 14.0. The molecule has 4 rings (SSSR count). The first-order valence-corrected chi connectivity index (χ1v) is 12.5. The quantitative estimate of drug-likeness (QED) is 0.417. The lowest BCUT2D eigenvalue weighted by molar-refractivity contribution is -0.137. The second kappa shape index (κ2) is 12.1. The summed E-state index contributed by atoms with van der Waals surface area (Å²) in [7, 11) is 3.04. The molecule has 0 radical (unpaired) electrons. The molecule has 3 aromatic carbocycles. The van der Waals surface area contributed by atoms with Crippen molar-refractivity contribution in [3.63, 3.8) is 0 Å². The van der Waals surface area contributed by atoms with Crippen molar-refractivity contribution in [1.29, 1.82) is 0 Å². The second-order valence-electron chi connectivity index (χ2n) is 9.20. The first kappa shape index (κ1) is 27.8. The number of benzene rings is 3. The third-order valence-electron chi connectivity index (χ3n) is 6.67. The van der Waals surface area contributed by atoms with E-state index in [1.54, 1.807) is 36.4 Å². The van der Waals surface area contributed by atoms with E-state index < -0.39 is 11.7 Å². The lowest BCUT2D eigenvalue weighted by Gasteiger charge is -2.35. The van der Waals surface area contributed by atoms with E-state index in [0.29, 0.717) is 54.1 Å². The number of ether oxygens (including phenoxy) is 2. The molecule has 206 valence electrons. The first-order chi connectivity index (χ1) is 18.7. The highest BCUT2D eigenvalue weighted by molar-refractivity contribution is 6.00. The number of hydrogen-bond donors (Lipinski definition) is 2. The summed E-state index contributed by atoms with van der Waals surface area (Å²) >= 11 is 0. The van der Waals surface area contributed by atoms with Crippen LogP contribution in [0.15, 0.2) is 66.7 Å². The van der Waals surface area contributed by atoms with Gasteiger partial charge in [0.05, 0.1) is 25.3 Å². The molecule has 3 aromatic rings. The van der Waals surface area contributed by atoms with Gasteiger partial charge < -0.3 is 25.0 Å². The number of piperidine rings is 1. The molecule has 0 spiro atoms. The molecule has 2 N–H and O–H groups in total. The fraction of sp³-hybridized carbons (Fsp3) is 0.310. The molecule has 1 fully saturated rings. The van der Waals surface area contributed by atoms with Crippen LogP contribution in [-0.2, 0) is 12.7 Å². The van der Waals surface area contributed by atoms with Crippen LogP contribution in [0.25, 0.3) is 0 Å². The maximum absolute atomic E-state index is 13.0. The molecule has 0 aliphatic carbocycles. The summed E-state index contributed by atoms with van der Waals surface area (Å²) in [6.45, 7) is 1.21. The standard InChI is InChI=1S/C29H30F3N3O4/c1-38-25-11-10-20(17-26(25)39-2)27(36)34-22-12-14-35(15-13-22)24-9-4-3-8-23(24)28(37)33-18-19-6-5-7-21(16-19)29(30,31)32/h3-11,16-17,22H,12-15,18H2,1-2H3,(H,33,37)(H,34,36). The minimum atomic E-state index is -4.44. The molecule has 39 heavy (non-hydrogen) atoms. The highest BCUT2D eigenvalue weighted by Gasteiger charge is 2.30. The van der Waals surface area contributed by atoms with Crippen LogP contribution in [-0.4, -0.2) is 45.2 Å². The zero-order chi connectivity index (χ0) is 28.0. The van der Waals surface area contributed by atoms with Gasteiger partial charge in [-0.1, -0.05) is 24.3 Å². The summed E-state index contributed by atoms with van der Waals surface area (Å²) in [6, 6.07) is 17.0. The van der Waals surface area contributed by atoms with Gasteiger partial charge in [-0.2, -0.15) is 13.2 Å². The largest absolute Gasteiger partial charge is 0.493 e. The van der Waals surface area contributed by atoms with E-state index >= 15 is 0 Å². The highest BCUT2D eigenvalue weighted by atomic mass is 19.4. The van der Waals surface area contributed by atoms with E-state index in [1.807, 2.05) is 12.1 Å². The van der Waals surface area contributed by atoms with Crippen molar-refractivity contribution in [3.8, 4) is 11.5 Å². The lowest BCUT2D eigenvalue weighted by Crippen LogP contribution is -2.45. The van der Waals surface area contributed by atoms with Crippen molar-refractivity contribution >= 4 is 17.5 Å². The molecule has 0 atom stereocenters. The van der Waals surface area contributed by atoms with Crippen molar-refractivity contribution in [2.24, 2.45) is 0 Å². The number of amides is 2. The number of hydrogen-bond acceptors (Lipinski definition) is 5. The molecule has 0 saturated carbocycles. The molecule has 2 amide bonds. The lowest BCUT2D eigenvalue weighted by atomic mass is 10.0. The van der Waals surface area contributed by atoms with Crippen LogP contribution in [0.5, 0.6) is 11.5 Å². The number of alkyl halides is 3. The number of halogens is 3. The van der Waals surface area contributed by atoms with Gasteiger partial charge in [0.1, 0.15) is 0 Å². The van der Waals surface area contributed by atoms with Gasteiger partial charge in [0.15, 0.2) is 11.5 Å². The van der Waals surface area contributed by atoms with Crippen molar-refractivity contribution in [1.82, 2.24) is 10.6 Å². The number of carbonyl (C=O) groups is 2. The third-order valence-corrected chi connectivity index (χ3v) is 6.67. The topological polar surface area (TPSA) is 79.9 Å². The fourth-order valence-electron chi connectivity index (χ4n) is 4.59. The Morgan fingerprint density at radius 3 is 2.31 bits per heavy atom. The zero-order valence-corrected chi connectivity index (χ0v) is 21.7. The zero-order valence-electron chi connectivity index (χ0n) is 21.7. The molecule has 0 bridgehead atoms. The van der Waals surface area contributed by atoms with Gasteiger partial charge in [-0.3, -0.25) is 9.59 Å². The number of nitrogens with zero attached hydrogens (tertiary/aromatic N) is 1. The van der Waals surface area contributed by atoms with Crippen LogP contribution >= 0.6 is 0 Å². The summed E-state index contributed by atoms with van der Waals surface area (Å²) in [5, 5.41) is 5.80. The van der Waals surface area contributed by atoms with Gasteiger partial charge in [0.25, 0.3) is 11.8 Å². The van der Waals surface area contributed by atoms with Gasteiger partial charge in [-0.25, -0.2) is 0 Å². The summed E-state index contributed by atoms with van der Waals surface area (Å²) in [5.74, 6) is 0.443. The average Bonchev–Trinajstić information content (AvgIpc) is 2.95. The monoisotopic (exact) mass is 541 g/mol. The molecule has 0 aromatic heterocycles. The molecule has 1 saturated heterocycles. The Balaban J connectivity index is 1.35. The maximum atomic E-state index is 13.0. The van der Waals surface area contributed by atoms with Crippen LogP contribution < -0.4 is 25.0 Å². The Bertz CT molecular complexity index is 1320. The van der Waals surface area contributed by atoms with Crippen LogP contribution in [0.2, 0.25) is 0 Å². The SMILES string of the molecule is COc1ccc(C(=O)NC2CCN(c3ccccc3C(=O)NCc3cccc(C(F)(F)F)c3)CC2)cc1OC. The molecule has 1 aliphatic rings. The Kier molecular flexibility index (Phi) is 8.63. The van der Waals surface area contributed by atoms with Crippen molar-refractivity contribution in [3.05, 3.63) is 89.0 Å². The summed E-state index contributed by atoms with van der Waals surface area (Å²) in [5.41, 5.74) is 1.26. The summed E-state index contributed by atoms with van der Waals surface area (Å²) in [6.07, 6.45) is -3.09. The Hall–Kier alpha value is -4.21. The van der Waals surface area contributed by atoms with Crippen LogP contribution in [0.3, 0.4) is 0 Å².